The van der Waals surface area contributed by atoms with Gasteiger partial charge >= 0.3 is 0 Å². The van der Waals surface area contributed by atoms with Crippen molar-refractivity contribution in [2.45, 2.75) is 0 Å². The average molecular weight is 332 g/mol. The van der Waals surface area contributed by atoms with Crippen LogP contribution in [-0.4, -0.2) is 18.4 Å². The number of nitriles is 1. The van der Waals surface area contributed by atoms with E-state index in [1.54, 1.807) is 18.2 Å². The van der Waals surface area contributed by atoms with Crippen LogP contribution < -0.4 is 10.6 Å². The molecule has 2 amide bonds. The Labute approximate surface area is 136 Å². The van der Waals surface area contributed by atoms with Gasteiger partial charge in [0.15, 0.2) is 0 Å². The summed E-state index contributed by atoms with van der Waals surface area (Å²) in [4.78, 5) is 23.7. The predicted octanol–water partition coefficient (Wildman–Crippen LogP) is 2.72. The predicted molar refractivity (Wildman–Crippen MR) is 83.5 cm³/mol. The third-order valence-corrected chi connectivity index (χ3v) is 3.19. The lowest BCUT2D eigenvalue weighted by Gasteiger charge is -2.08. The molecule has 2 rings (SSSR count). The summed E-state index contributed by atoms with van der Waals surface area (Å²) >= 11 is 5.77. The summed E-state index contributed by atoms with van der Waals surface area (Å²) in [5, 5.41) is 13.6. The molecular weight excluding hydrogens is 321 g/mol. The first-order chi connectivity index (χ1) is 11.0. The Morgan fingerprint density at radius 2 is 1.96 bits per heavy atom. The number of amides is 2. The topological polar surface area (TPSA) is 82.0 Å². The number of carbonyl (C=O) groups excluding carboxylic acids is 2. The minimum absolute atomic E-state index is 0.0374. The van der Waals surface area contributed by atoms with Crippen LogP contribution >= 0.6 is 11.6 Å². The fraction of sp³-hybridized carbons (Fsp3) is 0.0625. The second-order valence-corrected chi connectivity index (χ2v) is 4.93. The van der Waals surface area contributed by atoms with Crippen molar-refractivity contribution in [3.63, 3.8) is 0 Å². The van der Waals surface area contributed by atoms with Gasteiger partial charge in [0.2, 0.25) is 5.91 Å². The molecule has 0 radical (unpaired) electrons. The summed E-state index contributed by atoms with van der Waals surface area (Å²) in [5.74, 6) is -2.06. The Balaban J connectivity index is 1.96. The second-order valence-electron chi connectivity index (χ2n) is 4.52. The normalized spacial score (nSPS) is 9.78. The van der Waals surface area contributed by atoms with Gasteiger partial charge in [0.05, 0.1) is 28.8 Å². The van der Waals surface area contributed by atoms with Crippen LogP contribution in [0.3, 0.4) is 0 Å². The van der Waals surface area contributed by atoms with Crippen LogP contribution in [0.2, 0.25) is 5.02 Å². The second kappa shape index (κ2) is 7.38. The maximum Gasteiger partial charge on any atom is 0.256 e. The highest BCUT2D eigenvalue weighted by atomic mass is 35.5. The van der Waals surface area contributed by atoms with Gasteiger partial charge in [-0.2, -0.15) is 5.26 Å². The lowest BCUT2D eigenvalue weighted by molar-refractivity contribution is -0.115. The van der Waals surface area contributed by atoms with Crippen LogP contribution in [0.25, 0.3) is 0 Å². The third-order valence-electron chi connectivity index (χ3n) is 2.87. The molecule has 2 aromatic rings. The number of hydrogen-bond acceptors (Lipinski definition) is 3. The number of rotatable bonds is 4. The average Bonchev–Trinajstić information content (AvgIpc) is 2.53. The van der Waals surface area contributed by atoms with Crippen molar-refractivity contribution < 1.29 is 14.0 Å². The Kier molecular flexibility index (Phi) is 5.28. The Morgan fingerprint density at radius 3 is 2.65 bits per heavy atom. The van der Waals surface area contributed by atoms with E-state index in [1.807, 2.05) is 6.07 Å². The SMILES string of the molecule is N#Cc1cccc(NC(=O)CNC(=O)c2c(F)cccc2Cl)c1. The molecule has 0 aliphatic rings. The molecule has 5 nitrogen and oxygen atoms in total. The van der Waals surface area contributed by atoms with Gasteiger partial charge in [-0.15, -0.1) is 0 Å². The number of nitrogens with zero attached hydrogens (tertiary/aromatic N) is 1. The van der Waals surface area contributed by atoms with Gasteiger partial charge in [0.1, 0.15) is 5.82 Å². The van der Waals surface area contributed by atoms with Crippen molar-refractivity contribution in [3.8, 4) is 6.07 Å². The van der Waals surface area contributed by atoms with E-state index in [-0.39, 0.29) is 17.1 Å². The first-order valence-corrected chi connectivity index (χ1v) is 6.91. The summed E-state index contributed by atoms with van der Waals surface area (Å²) in [7, 11) is 0. The molecule has 0 heterocycles. The molecule has 2 aromatic carbocycles. The van der Waals surface area contributed by atoms with Gasteiger partial charge in [-0.25, -0.2) is 4.39 Å². The molecule has 0 atom stereocenters. The largest absolute Gasteiger partial charge is 0.343 e. The Hall–Kier alpha value is -2.91. The molecule has 0 spiro atoms. The van der Waals surface area contributed by atoms with Crippen LogP contribution in [0, 0.1) is 17.1 Å². The molecule has 2 N–H and O–H groups in total. The molecule has 0 unspecified atom stereocenters. The first-order valence-electron chi connectivity index (χ1n) is 6.53. The molecule has 0 saturated carbocycles. The van der Waals surface area contributed by atoms with Gasteiger partial charge in [-0.1, -0.05) is 23.7 Å². The van der Waals surface area contributed by atoms with E-state index >= 15 is 0 Å². The molecule has 7 heteroatoms. The molecular formula is C16H11ClFN3O2. The zero-order valence-corrected chi connectivity index (χ0v) is 12.5. The number of halogens is 2. The lowest BCUT2D eigenvalue weighted by atomic mass is 10.2. The van der Waals surface area contributed by atoms with Crippen molar-refractivity contribution in [3.05, 3.63) is 64.4 Å². The van der Waals surface area contributed by atoms with Crippen molar-refractivity contribution >= 4 is 29.1 Å². The maximum atomic E-state index is 13.6. The van der Waals surface area contributed by atoms with Crippen LogP contribution in [0.5, 0.6) is 0 Å². The van der Waals surface area contributed by atoms with Gasteiger partial charge in [0, 0.05) is 5.69 Å². The van der Waals surface area contributed by atoms with E-state index in [2.05, 4.69) is 10.6 Å². The van der Waals surface area contributed by atoms with Crippen molar-refractivity contribution in [1.82, 2.24) is 5.32 Å². The number of nitrogens with one attached hydrogen (secondary N) is 2. The standard InChI is InChI=1S/C16H11ClFN3O2/c17-12-5-2-6-13(18)15(12)16(23)20-9-14(22)21-11-4-1-3-10(7-11)8-19/h1-7H,9H2,(H,20,23)(H,21,22). The summed E-state index contributed by atoms with van der Waals surface area (Å²) in [6.45, 7) is -0.361. The lowest BCUT2D eigenvalue weighted by Crippen LogP contribution is -2.33. The van der Waals surface area contributed by atoms with Crippen LogP contribution in [0.1, 0.15) is 15.9 Å². The summed E-state index contributed by atoms with van der Waals surface area (Å²) in [6, 6.07) is 12.1. The van der Waals surface area contributed by atoms with E-state index in [1.165, 1.54) is 18.2 Å². The summed E-state index contributed by atoms with van der Waals surface area (Å²) in [6.07, 6.45) is 0. The van der Waals surface area contributed by atoms with E-state index < -0.39 is 17.6 Å². The van der Waals surface area contributed by atoms with Gasteiger partial charge in [-0.05, 0) is 30.3 Å². The zero-order chi connectivity index (χ0) is 16.8. The van der Waals surface area contributed by atoms with E-state index in [0.29, 0.717) is 11.3 Å². The van der Waals surface area contributed by atoms with Crippen LogP contribution in [0.15, 0.2) is 42.5 Å². The van der Waals surface area contributed by atoms with E-state index in [4.69, 9.17) is 16.9 Å². The Morgan fingerprint density at radius 1 is 1.22 bits per heavy atom. The number of anilines is 1. The molecule has 23 heavy (non-hydrogen) atoms. The van der Waals surface area contributed by atoms with E-state index in [0.717, 1.165) is 6.07 Å². The van der Waals surface area contributed by atoms with Crippen LogP contribution in [0.4, 0.5) is 10.1 Å². The Bertz CT molecular complexity index is 782. The smallest absolute Gasteiger partial charge is 0.256 e. The van der Waals surface area contributed by atoms with E-state index in [9.17, 15) is 14.0 Å². The van der Waals surface area contributed by atoms with Gasteiger partial charge in [-0.3, -0.25) is 9.59 Å². The highest BCUT2D eigenvalue weighted by Crippen LogP contribution is 2.18. The molecule has 0 fully saturated rings. The third kappa shape index (κ3) is 4.28. The molecule has 0 aliphatic heterocycles. The maximum absolute atomic E-state index is 13.6. The molecule has 0 aromatic heterocycles. The minimum Gasteiger partial charge on any atom is -0.343 e. The van der Waals surface area contributed by atoms with Crippen molar-refractivity contribution in [2.75, 3.05) is 11.9 Å². The van der Waals surface area contributed by atoms with Gasteiger partial charge < -0.3 is 10.6 Å². The summed E-state index contributed by atoms with van der Waals surface area (Å²) < 4.78 is 13.6. The first kappa shape index (κ1) is 16.5. The highest BCUT2D eigenvalue weighted by Gasteiger charge is 2.16. The zero-order valence-electron chi connectivity index (χ0n) is 11.8. The molecule has 0 saturated heterocycles. The van der Waals surface area contributed by atoms with Crippen LogP contribution in [-0.2, 0) is 4.79 Å². The quantitative estimate of drug-likeness (QED) is 0.903. The highest BCUT2D eigenvalue weighted by molar-refractivity contribution is 6.33. The number of benzene rings is 2. The van der Waals surface area contributed by atoms with Crippen molar-refractivity contribution in [2.24, 2.45) is 0 Å². The molecule has 0 aliphatic carbocycles. The fourth-order valence-corrected chi connectivity index (χ4v) is 2.08. The van der Waals surface area contributed by atoms with Crippen molar-refractivity contribution in [1.29, 1.82) is 5.26 Å². The monoisotopic (exact) mass is 331 g/mol. The summed E-state index contributed by atoms with van der Waals surface area (Å²) in [5.41, 5.74) is 0.505. The van der Waals surface area contributed by atoms with Gasteiger partial charge in [0.25, 0.3) is 5.91 Å². The molecule has 0 bridgehead atoms. The number of carbonyl (C=O) groups is 2. The fourth-order valence-electron chi connectivity index (χ4n) is 1.84. The number of hydrogen-bond donors (Lipinski definition) is 2. The minimum atomic E-state index is -0.783. The molecule has 116 valence electrons.